The quantitative estimate of drug-likeness (QED) is 0.629. The molecule has 19 heavy (non-hydrogen) atoms. The first-order chi connectivity index (χ1) is 9.40. The predicted molar refractivity (Wildman–Crippen MR) is 83.3 cm³/mol. The third kappa shape index (κ3) is 3.99. The fraction of sp³-hybridized carbons (Fsp3) is 0.200. The summed E-state index contributed by atoms with van der Waals surface area (Å²) in [4.78, 5) is 8.50. The molecular formula is C10H8N4S5. The van der Waals surface area contributed by atoms with Crippen LogP contribution in [0.25, 0.3) is 0 Å². The van der Waals surface area contributed by atoms with Crippen molar-refractivity contribution in [3.8, 4) is 0 Å². The highest BCUT2D eigenvalue weighted by Crippen LogP contribution is 2.32. The van der Waals surface area contributed by atoms with E-state index in [1.165, 1.54) is 0 Å². The van der Waals surface area contributed by atoms with Crippen molar-refractivity contribution >= 4 is 57.5 Å². The molecule has 9 heteroatoms. The predicted octanol–water partition coefficient (Wildman–Crippen LogP) is 4.04. The average Bonchev–Trinajstić information content (AvgIpc) is 3.16. The van der Waals surface area contributed by atoms with E-state index in [2.05, 4.69) is 20.2 Å². The lowest BCUT2D eigenvalue weighted by molar-refractivity contribution is 0.954. The molecule has 0 aliphatic rings. The number of hydrogen-bond donors (Lipinski definition) is 0. The van der Waals surface area contributed by atoms with E-state index in [-0.39, 0.29) is 0 Å². The smallest absolute Gasteiger partial charge is 0.175 e. The first kappa shape index (κ1) is 13.5. The summed E-state index contributed by atoms with van der Waals surface area (Å²) in [6.45, 7) is 0. The third-order valence-corrected chi connectivity index (χ3v) is 7.13. The zero-order chi connectivity index (χ0) is 12.9. The van der Waals surface area contributed by atoms with Crippen molar-refractivity contribution in [1.29, 1.82) is 0 Å². The van der Waals surface area contributed by atoms with E-state index >= 15 is 0 Å². The van der Waals surface area contributed by atoms with Crippen molar-refractivity contribution in [3.05, 3.63) is 33.2 Å². The van der Waals surface area contributed by atoms with E-state index in [1.54, 1.807) is 57.5 Å². The van der Waals surface area contributed by atoms with E-state index in [0.29, 0.717) is 0 Å². The Morgan fingerprint density at radius 1 is 0.842 bits per heavy atom. The molecule has 0 N–H and O–H groups in total. The lowest BCUT2D eigenvalue weighted by Crippen LogP contribution is -1.77. The van der Waals surface area contributed by atoms with Gasteiger partial charge in [0.1, 0.15) is 10.0 Å². The molecule has 98 valence electrons. The van der Waals surface area contributed by atoms with Crippen LogP contribution in [0.1, 0.15) is 10.0 Å². The minimum Gasteiger partial charge on any atom is -0.249 e. The van der Waals surface area contributed by atoms with Gasteiger partial charge in [-0.3, -0.25) is 0 Å². The van der Waals surface area contributed by atoms with Gasteiger partial charge in [0.15, 0.2) is 8.68 Å². The molecule has 0 amide bonds. The molecule has 3 aromatic rings. The van der Waals surface area contributed by atoms with Crippen molar-refractivity contribution in [3.63, 3.8) is 0 Å². The maximum atomic E-state index is 4.25. The van der Waals surface area contributed by atoms with Crippen molar-refractivity contribution in [2.75, 3.05) is 0 Å². The average molecular weight is 345 g/mol. The largest absolute Gasteiger partial charge is 0.249 e. The van der Waals surface area contributed by atoms with Gasteiger partial charge >= 0.3 is 0 Å². The molecule has 0 fully saturated rings. The summed E-state index contributed by atoms with van der Waals surface area (Å²) in [6, 6.07) is 0. The van der Waals surface area contributed by atoms with Crippen molar-refractivity contribution < 1.29 is 0 Å². The summed E-state index contributed by atoms with van der Waals surface area (Å²) < 4.78 is 1.99. The highest BCUT2D eigenvalue weighted by molar-refractivity contribution is 8.02. The van der Waals surface area contributed by atoms with Crippen LogP contribution in [-0.4, -0.2) is 20.2 Å². The van der Waals surface area contributed by atoms with Crippen LogP contribution in [0.5, 0.6) is 0 Å². The van der Waals surface area contributed by atoms with Crippen LogP contribution in [0.2, 0.25) is 0 Å². The van der Waals surface area contributed by atoms with Gasteiger partial charge in [0.05, 0.1) is 11.5 Å². The number of aromatic nitrogens is 4. The van der Waals surface area contributed by atoms with Gasteiger partial charge in [-0.1, -0.05) is 34.9 Å². The Balaban J connectivity index is 1.51. The molecule has 4 nitrogen and oxygen atoms in total. The maximum absolute atomic E-state index is 4.25. The van der Waals surface area contributed by atoms with E-state index in [4.69, 9.17) is 0 Å². The third-order valence-electron chi connectivity index (χ3n) is 1.99. The molecule has 0 radical (unpaired) electrons. The molecule has 0 bridgehead atoms. The monoisotopic (exact) mass is 344 g/mol. The van der Waals surface area contributed by atoms with Crippen LogP contribution in [0.4, 0.5) is 0 Å². The lowest BCUT2D eigenvalue weighted by Gasteiger charge is -1.92. The van der Waals surface area contributed by atoms with Crippen LogP contribution in [-0.2, 0) is 11.5 Å². The Morgan fingerprint density at radius 3 is 1.79 bits per heavy atom. The van der Waals surface area contributed by atoms with Crippen LogP contribution < -0.4 is 0 Å². The Labute approximate surface area is 130 Å². The maximum Gasteiger partial charge on any atom is 0.175 e. The molecule has 0 aliphatic carbocycles. The number of thiazole rings is 2. The summed E-state index contributed by atoms with van der Waals surface area (Å²) in [7, 11) is 0. The summed E-state index contributed by atoms with van der Waals surface area (Å²) in [5.41, 5.74) is 0. The standard InChI is InChI=1S/C10H8N4S5/c1-3-15-7(11-1)5-17-9-13-14-10(19-9)18-6-8-12-2-4-16-8/h1-4H,5-6H2. The minimum atomic E-state index is 0.865. The van der Waals surface area contributed by atoms with Crippen LogP contribution in [0.3, 0.4) is 0 Å². The van der Waals surface area contributed by atoms with Crippen molar-refractivity contribution in [1.82, 2.24) is 20.2 Å². The van der Waals surface area contributed by atoms with Gasteiger partial charge < -0.3 is 0 Å². The first-order valence-corrected chi connectivity index (χ1v) is 9.81. The highest BCUT2D eigenvalue weighted by Gasteiger charge is 2.07. The SMILES string of the molecule is c1csc(CSc2nnc(SCc3nccs3)s2)n1. The van der Waals surface area contributed by atoms with Crippen LogP contribution in [0.15, 0.2) is 31.8 Å². The lowest BCUT2D eigenvalue weighted by atomic mass is 10.8. The second-order valence-corrected chi connectivity index (χ2v) is 8.64. The number of thioether (sulfide) groups is 2. The van der Waals surface area contributed by atoms with Crippen molar-refractivity contribution in [2.24, 2.45) is 0 Å². The molecule has 0 atom stereocenters. The van der Waals surface area contributed by atoms with Crippen LogP contribution in [0, 0.1) is 0 Å². The van der Waals surface area contributed by atoms with Gasteiger partial charge in [0.25, 0.3) is 0 Å². The Hall–Kier alpha value is -0.480. The minimum absolute atomic E-state index is 0.865. The van der Waals surface area contributed by atoms with Gasteiger partial charge in [-0.25, -0.2) is 9.97 Å². The zero-order valence-electron chi connectivity index (χ0n) is 9.55. The van der Waals surface area contributed by atoms with Gasteiger partial charge in [-0.2, -0.15) is 0 Å². The molecule has 0 saturated carbocycles. The summed E-state index contributed by atoms with van der Waals surface area (Å²) in [5, 5.41) is 14.6. The van der Waals surface area contributed by atoms with E-state index in [9.17, 15) is 0 Å². The Morgan fingerprint density at radius 2 is 1.37 bits per heavy atom. The van der Waals surface area contributed by atoms with E-state index < -0.39 is 0 Å². The van der Waals surface area contributed by atoms with Crippen molar-refractivity contribution in [2.45, 2.75) is 20.2 Å². The fourth-order valence-corrected chi connectivity index (χ4v) is 5.52. The van der Waals surface area contributed by atoms with E-state index in [0.717, 1.165) is 30.2 Å². The fourth-order valence-electron chi connectivity index (χ4n) is 1.21. The summed E-state index contributed by atoms with van der Waals surface area (Å²) in [6.07, 6.45) is 3.66. The molecule has 0 aromatic carbocycles. The molecule has 0 spiro atoms. The number of nitrogens with zero attached hydrogens (tertiary/aromatic N) is 4. The molecule has 0 aliphatic heterocycles. The molecule has 3 rings (SSSR count). The van der Waals surface area contributed by atoms with Crippen LogP contribution >= 0.6 is 57.5 Å². The molecule has 0 unspecified atom stereocenters. The van der Waals surface area contributed by atoms with Gasteiger partial charge in [0.2, 0.25) is 0 Å². The van der Waals surface area contributed by atoms with Gasteiger partial charge in [-0.15, -0.1) is 32.9 Å². The van der Waals surface area contributed by atoms with Gasteiger partial charge in [-0.05, 0) is 0 Å². The molecule has 3 heterocycles. The van der Waals surface area contributed by atoms with Gasteiger partial charge in [0, 0.05) is 23.2 Å². The second-order valence-electron chi connectivity index (χ2n) is 3.26. The topological polar surface area (TPSA) is 51.6 Å². The van der Waals surface area contributed by atoms with E-state index in [1.807, 2.05) is 23.2 Å². The zero-order valence-corrected chi connectivity index (χ0v) is 13.6. The first-order valence-electron chi connectivity index (χ1n) is 5.26. The second kappa shape index (κ2) is 6.80. The Bertz CT molecular complexity index is 551. The number of rotatable bonds is 6. The highest BCUT2D eigenvalue weighted by atomic mass is 32.2. The molecule has 3 aromatic heterocycles. The molecular weight excluding hydrogens is 336 g/mol. The molecule has 0 saturated heterocycles. The summed E-state index contributed by atoms with van der Waals surface area (Å²) in [5.74, 6) is 1.73. The number of hydrogen-bond acceptors (Lipinski definition) is 9. The summed E-state index contributed by atoms with van der Waals surface area (Å²) >= 11 is 8.35. The normalized spacial score (nSPS) is 10.9. The Kier molecular flexibility index (Phi) is 4.83.